The van der Waals surface area contributed by atoms with Crippen molar-refractivity contribution in [3.63, 3.8) is 0 Å². The third-order valence-corrected chi connectivity index (χ3v) is 7.02. The van der Waals surface area contributed by atoms with Crippen LogP contribution in [0.25, 0.3) is 0 Å². The third-order valence-electron chi connectivity index (χ3n) is 5.24. The molecule has 0 radical (unpaired) electrons. The zero-order chi connectivity index (χ0) is 20.4. The van der Waals surface area contributed by atoms with E-state index in [9.17, 15) is 18.0 Å². The summed E-state index contributed by atoms with van der Waals surface area (Å²) in [5.74, 6) is 0.00300. The van der Waals surface area contributed by atoms with E-state index in [1.54, 1.807) is 0 Å². The highest BCUT2D eigenvalue weighted by atomic mass is 32.2. The molecule has 2 aromatic rings. The fraction of sp³-hybridized carbons (Fsp3) is 0.474. The lowest BCUT2D eigenvalue weighted by Crippen LogP contribution is -2.51. The van der Waals surface area contributed by atoms with Gasteiger partial charge in [-0.15, -0.1) is 0 Å². The van der Waals surface area contributed by atoms with Crippen molar-refractivity contribution >= 4 is 21.8 Å². The van der Waals surface area contributed by atoms with Gasteiger partial charge < -0.3 is 4.52 Å². The molecular formula is C19H22N4O5S. The van der Waals surface area contributed by atoms with Gasteiger partial charge in [-0.2, -0.15) is 4.98 Å². The van der Waals surface area contributed by atoms with Gasteiger partial charge in [-0.3, -0.25) is 14.5 Å². The summed E-state index contributed by atoms with van der Waals surface area (Å²) in [5, 5.41) is 3.98. The second-order valence-electron chi connectivity index (χ2n) is 7.33. The molecule has 1 aromatic heterocycles. The van der Waals surface area contributed by atoms with E-state index in [0.717, 1.165) is 10.5 Å². The minimum absolute atomic E-state index is 0.0943. The van der Waals surface area contributed by atoms with Crippen LogP contribution in [0.4, 0.5) is 0 Å². The molecule has 2 aliphatic rings. The molecule has 154 valence electrons. The number of hydrogen-bond donors (Lipinski definition) is 0. The Labute approximate surface area is 168 Å². The van der Waals surface area contributed by atoms with Gasteiger partial charge in [-0.05, 0) is 12.0 Å². The van der Waals surface area contributed by atoms with Crippen molar-refractivity contribution in [3.8, 4) is 0 Å². The van der Waals surface area contributed by atoms with Gasteiger partial charge in [0.1, 0.15) is 0 Å². The molecule has 9 nitrogen and oxygen atoms in total. The summed E-state index contributed by atoms with van der Waals surface area (Å²) in [6, 6.07) is 9.77. The number of carbonyl (C=O) groups is 2. The second kappa shape index (κ2) is 8.03. The van der Waals surface area contributed by atoms with Gasteiger partial charge in [-0.1, -0.05) is 35.5 Å². The Morgan fingerprint density at radius 2 is 1.76 bits per heavy atom. The summed E-state index contributed by atoms with van der Waals surface area (Å²) < 4.78 is 31.6. The van der Waals surface area contributed by atoms with Crippen LogP contribution in [-0.2, 0) is 26.0 Å². The second-order valence-corrected chi connectivity index (χ2v) is 9.42. The molecule has 0 unspecified atom stereocenters. The van der Waals surface area contributed by atoms with E-state index in [4.69, 9.17) is 4.52 Å². The van der Waals surface area contributed by atoms with E-state index < -0.39 is 10.0 Å². The molecule has 10 heteroatoms. The lowest BCUT2D eigenvalue weighted by atomic mass is 10.0. The van der Waals surface area contributed by atoms with Gasteiger partial charge in [-0.25, -0.2) is 12.7 Å². The molecule has 29 heavy (non-hydrogen) atoms. The van der Waals surface area contributed by atoms with Crippen LogP contribution in [0.3, 0.4) is 0 Å². The fourth-order valence-electron chi connectivity index (χ4n) is 3.49. The van der Waals surface area contributed by atoms with Crippen molar-refractivity contribution in [3.05, 3.63) is 47.6 Å². The number of rotatable bonds is 7. The van der Waals surface area contributed by atoms with Crippen LogP contribution in [0, 0.1) is 0 Å². The zero-order valence-corrected chi connectivity index (χ0v) is 16.7. The first-order chi connectivity index (χ1) is 13.9. The average Bonchev–Trinajstić information content (AvgIpc) is 3.08. The summed E-state index contributed by atoms with van der Waals surface area (Å²) in [5.41, 5.74) is 1.07. The smallest absolute Gasteiger partial charge is 0.232 e. The number of nitrogens with zero attached hydrogens (tertiary/aromatic N) is 4. The van der Waals surface area contributed by atoms with Crippen molar-refractivity contribution < 1.29 is 22.5 Å². The Bertz CT molecular complexity index is 983. The highest BCUT2D eigenvalue weighted by Crippen LogP contribution is 2.28. The highest BCUT2D eigenvalue weighted by molar-refractivity contribution is 7.89. The predicted molar refractivity (Wildman–Crippen MR) is 102 cm³/mol. The van der Waals surface area contributed by atoms with Gasteiger partial charge in [0, 0.05) is 38.9 Å². The lowest BCUT2D eigenvalue weighted by Gasteiger charge is -2.36. The number of sulfonamides is 1. The van der Waals surface area contributed by atoms with E-state index >= 15 is 0 Å². The first-order valence-electron chi connectivity index (χ1n) is 9.60. The highest BCUT2D eigenvalue weighted by Gasteiger charge is 2.40. The van der Waals surface area contributed by atoms with E-state index in [2.05, 4.69) is 10.1 Å². The minimum atomic E-state index is -3.56. The summed E-state index contributed by atoms with van der Waals surface area (Å²) in [6.07, 6.45) is 1.67. The molecule has 2 fully saturated rings. The first kappa shape index (κ1) is 19.7. The molecule has 1 aromatic carbocycles. The normalized spacial score (nSPS) is 18.8. The van der Waals surface area contributed by atoms with Crippen LogP contribution in [0.5, 0.6) is 0 Å². The Kier molecular flexibility index (Phi) is 5.46. The molecule has 2 saturated heterocycles. The van der Waals surface area contributed by atoms with Gasteiger partial charge in [0.25, 0.3) is 0 Å². The first-order valence-corrected chi connectivity index (χ1v) is 11.2. The summed E-state index contributed by atoms with van der Waals surface area (Å²) >= 11 is 0. The summed E-state index contributed by atoms with van der Waals surface area (Å²) in [6.45, 7) is 0.428. The maximum atomic E-state index is 12.5. The molecule has 4 rings (SSSR count). The quantitative estimate of drug-likeness (QED) is 0.615. The topological polar surface area (TPSA) is 114 Å². The van der Waals surface area contributed by atoms with Crippen LogP contribution in [0.2, 0.25) is 0 Å². The van der Waals surface area contributed by atoms with Gasteiger partial charge >= 0.3 is 0 Å². The predicted octanol–water partition coefficient (Wildman–Crippen LogP) is 0.928. The number of amides is 2. The van der Waals surface area contributed by atoms with Crippen LogP contribution < -0.4 is 0 Å². The summed E-state index contributed by atoms with van der Waals surface area (Å²) in [4.78, 5) is 29.1. The Hall–Kier alpha value is -2.59. The number of benzene rings is 1. The molecule has 3 heterocycles. The van der Waals surface area contributed by atoms with Crippen molar-refractivity contribution in [2.75, 3.05) is 25.4 Å². The molecule has 0 atom stereocenters. The van der Waals surface area contributed by atoms with Crippen molar-refractivity contribution in [2.45, 2.75) is 31.6 Å². The van der Waals surface area contributed by atoms with Crippen molar-refractivity contribution in [1.29, 1.82) is 0 Å². The van der Waals surface area contributed by atoms with E-state index in [0.29, 0.717) is 37.4 Å². The third kappa shape index (κ3) is 4.38. The molecule has 0 bridgehead atoms. The molecule has 0 N–H and O–H groups in total. The number of piperidine rings is 1. The van der Waals surface area contributed by atoms with Crippen LogP contribution >= 0.6 is 0 Å². The molecule has 2 amide bonds. The number of hydrogen-bond acceptors (Lipinski definition) is 7. The Balaban J connectivity index is 1.30. The zero-order valence-electron chi connectivity index (χ0n) is 15.9. The Morgan fingerprint density at radius 3 is 2.45 bits per heavy atom. The van der Waals surface area contributed by atoms with E-state index in [-0.39, 0.29) is 43.1 Å². The number of imide groups is 1. The van der Waals surface area contributed by atoms with Crippen molar-refractivity contribution in [1.82, 2.24) is 19.3 Å². The lowest BCUT2D eigenvalue weighted by molar-refractivity contribution is -0.147. The number of carbonyl (C=O) groups excluding carboxylic acids is 2. The maximum absolute atomic E-state index is 12.5. The van der Waals surface area contributed by atoms with Crippen LogP contribution in [-0.4, -0.2) is 65.0 Å². The monoisotopic (exact) mass is 418 g/mol. The SMILES string of the molecule is O=C1CCCC(=O)N1CCS(=O)(=O)N1CC(c2nc(Cc3ccccc3)no2)C1. The maximum Gasteiger partial charge on any atom is 0.232 e. The standard InChI is InChI=1S/C19H22N4O5S/c24-17-7-4-8-18(25)23(17)9-10-29(26,27)22-12-15(13-22)19-20-16(21-28-19)11-14-5-2-1-3-6-14/h1-3,5-6,15H,4,7-13H2. The largest absolute Gasteiger partial charge is 0.339 e. The van der Waals surface area contributed by atoms with Gasteiger partial charge in [0.2, 0.25) is 27.7 Å². The van der Waals surface area contributed by atoms with E-state index in [1.807, 2.05) is 30.3 Å². The van der Waals surface area contributed by atoms with Crippen LogP contribution in [0.1, 0.15) is 42.5 Å². The Morgan fingerprint density at radius 1 is 1.07 bits per heavy atom. The van der Waals surface area contributed by atoms with Crippen LogP contribution in [0.15, 0.2) is 34.9 Å². The van der Waals surface area contributed by atoms with Gasteiger partial charge in [0.15, 0.2) is 5.82 Å². The molecule has 0 aliphatic carbocycles. The molecular weight excluding hydrogens is 396 g/mol. The minimum Gasteiger partial charge on any atom is -0.339 e. The average molecular weight is 418 g/mol. The van der Waals surface area contributed by atoms with Gasteiger partial charge in [0.05, 0.1) is 11.7 Å². The molecule has 2 aliphatic heterocycles. The number of aromatic nitrogens is 2. The molecule has 0 saturated carbocycles. The number of likely N-dealkylation sites (tertiary alicyclic amines) is 1. The van der Waals surface area contributed by atoms with E-state index in [1.165, 1.54) is 4.31 Å². The summed E-state index contributed by atoms with van der Waals surface area (Å²) in [7, 11) is -3.56. The fourth-order valence-corrected chi connectivity index (χ4v) is 4.98. The molecule has 0 spiro atoms. The van der Waals surface area contributed by atoms with Crippen molar-refractivity contribution in [2.24, 2.45) is 0 Å².